The predicted octanol–water partition coefficient (Wildman–Crippen LogP) is 3.66. The number of anilines is 1. The fraction of sp³-hybridized carbons (Fsp3) is 0.0714. The minimum Gasteiger partial charge on any atom is -0.311 e. The molecule has 5 nitrogen and oxygen atoms in total. The minimum absolute atomic E-state index is 0.153. The van der Waals surface area contributed by atoms with Gasteiger partial charge in [-0.3, -0.25) is 14.9 Å². The molecule has 0 bridgehead atoms. The van der Waals surface area contributed by atoms with Crippen LogP contribution in [0.4, 0.5) is 15.8 Å². The van der Waals surface area contributed by atoms with Crippen LogP contribution in [-0.4, -0.2) is 17.9 Å². The first-order valence-electron chi connectivity index (χ1n) is 5.87. The maximum atomic E-state index is 13.2. The van der Waals surface area contributed by atoms with E-state index in [2.05, 4.69) is 0 Å². The molecule has 0 aliphatic rings. The topological polar surface area (TPSA) is 63.5 Å². The molecule has 2 aromatic rings. The van der Waals surface area contributed by atoms with E-state index in [0.717, 1.165) is 17.0 Å². The normalized spacial score (nSPS) is 10.2. The summed E-state index contributed by atoms with van der Waals surface area (Å²) < 4.78 is 13.2. The van der Waals surface area contributed by atoms with Crippen molar-refractivity contribution in [3.63, 3.8) is 0 Å². The molecule has 0 aromatic heterocycles. The second kappa shape index (κ2) is 5.88. The first-order valence-corrected chi connectivity index (χ1v) is 6.25. The Bertz CT molecular complexity index is 721. The van der Waals surface area contributed by atoms with Crippen molar-refractivity contribution in [3.8, 4) is 0 Å². The van der Waals surface area contributed by atoms with Gasteiger partial charge in [0.1, 0.15) is 11.4 Å². The van der Waals surface area contributed by atoms with E-state index in [-0.39, 0.29) is 22.0 Å². The Kier molecular flexibility index (Phi) is 4.18. The summed E-state index contributed by atoms with van der Waals surface area (Å²) in [6.45, 7) is 0. The van der Waals surface area contributed by atoms with Crippen LogP contribution in [0.25, 0.3) is 0 Å². The zero-order chi connectivity index (χ0) is 15.6. The number of benzene rings is 2. The number of hydrogen-bond donors (Lipinski definition) is 0. The van der Waals surface area contributed by atoms with Crippen LogP contribution >= 0.6 is 11.6 Å². The molecule has 2 aromatic carbocycles. The minimum atomic E-state index is -0.664. The molecular formula is C14H10ClFN2O3. The van der Waals surface area contributed by atoms with Crippen LogP contribution in [0.1, 0.15) is 10.4 Å². The summed E-state index contributed by atoms with van der Waals surface area (Å²) in [4.78, 5) is 23.8. The van der Waals surface area contributed by atoms with Gasteiger partial charge in [-0.25, -0.2) is 4.39 Å². The number of hydrogen-bond acceptors (Lipinski definition) is 3. The molecule has 0 heterocycles. The summed E-state index contributed by atoms with van der Waals surface area (Å²) >= 11 is 5.79. The predicted molar refractivity (Wildman–Crippen MR) is 77.2 cm³/mol. The average Bonchev–Trinajstić information content (AvgIpc) is 2.45. The number of amides is 1. The number of carbonyl (C=O) groups excluding carboxylic acids is 1. The van der Waals surface area contributed by atoms with Crippen LogP contribution in [0.5, 0.6) is 0 Å². The Morgan fingerprint density at radius 2 is 2.00 bits per heavy atom. The third kappa shape index (κ3) is 3.17. The molecule has 0 saturated heterocycles. The molecule has 0 atom stereocenters. The first-order chi connectivity index (χ1) is 9.90. The molecule has 21 heavy (non-hydrogen) atoms. The third-order valence-corrected chi connectivity index (χ3v) is 3.12. The highest BCUT2D eigenvalue weighted by molar-refractivity contribution is 6.31. The lowest BCUT2D eigenvalue weighted by Gasteiger charge is -2.17. The summed E-state index contributed by atoms with van der Waals surface area (Å²) in [5.74, 6) is -1.15. The van der Waals surface area contributed by atoms with Gasteiger partial charge in [-0.1, -0.05) is 17.7 Å². The molecule has 108 valence electrons. The summed E-state index contributed by atoms with van der Waals surface area (Å²) in [5.41, 5.74) is -0.221. The Morgan fingerprint density at radius 1 is 1.29 bits per heavy atom. The lowest BCUT2D eigenvalue weighted by molar-refractivity contribution is -0.385. The molecule has 0 radical (unpaired) electrons. The van der Waals surface area contributed by atoms with E-state index in [4.69, 9.17) is 11.6 Å². The lowest BCUT2D eigenvalue weighted by atomic mass is 10.1. The van der Waals surface area contributed by atoms with Crippen molar-refractivity contribution in [3.05, 3.63) is 69.0 Å². The SMILES string of the molecule is CN(C(=O)c1cc(Cl)ccc1[N+](=O)[O-])c1cccc(F)c1. The standard InChI is InChI=1S/C14H10ClFN2O3/c1-17(11-4-2-3-10(16)8-11)14(19)12-7-9(15)5-6-13(12)18(20)21/h2-8H,1H3. The van der Waals surface area contributed by atoms with Gasteiger partial charge >= 0.3 is 0 Å². The lowest BCUT2D eigenvalue weighted by Crippen LogP contribution is -2.27. The highest BCUT2D eigenvalue weighted by Crippen LogP contribution is 2.25. The van der Waals surface area contributed by atoms with Gasteiger partial charge in [0.25, 0.3) is 11.6 Å². The van der Waals surface area contributed by atoms with Gasteiger partial charge in [-0.2, -0.15) is 0 Å². The second-order valence-electron chi connectivity index (χ2n) is 4.26. The van der Waals surface area contributed by atoms with Crippen molar-refractivity contribution >= 4 is 28.9 Å². The molecule has 7 heteroatoms. The molecule has 0 fully saturated rings. The van der Waals surface area contributed by atoms with Crippen LogP contribution < -0.4 is 4.90 Å². The molecule has 1 amide bonds. The van der Waals surface area contributed by atoms with E-state index >= 15 is 0 Å². The van der Waals surface area contributed by atoms with Gasteiger partial charge in [-0.15, -0.1) is 0 Å². The number of nitro groups is 1. The Morgan fingerprint density at radius 3 is 2.62 bits per heavy atom. The molecule has 2 rings (SSSR count). The third-order valence-electron chi connectivity index (χ3n) is 2.89. The van der Waals surface area contributed by atoms with E-state index in [0.29, 0.717) is 0 Å². The fourth-order valence-electron chi connectivity index (χ4n) is 1.82. The van der Waals surface area contributed by atoms with E-state index in [9.17, 15) is 19.3 Å². The van der Waals surface area contributed by atoms with Crippen molar-refractivity contribution in [1.82, 2.24) is 0 Å². The largest absolute Gasteiger partial charge is 0.311 e. The number of rotatable bonds is 3. The van der Waals surface area contributed by atoms with Crippen molar-refractivity contribution in [2.24, 2.45) is 0 Å². The van der Waals surface area contributed by atoms with Crippen molar-refractivity contribution in [2.45, 2.75) is 0 Å². The van der Waals surface area contributed by atoms with Crippen LogP contribution in [0.15, 0.2) is 42.5 Å². The zero-order valence-electron chi connectivity index (χ0n) is 10.9. The van der Waals surface area contributed by atoms with Gasteiger partial charge < -0.3 is 4.90 Å². The fourth-order valence-corrected chi connectivity index (χ4v) is 1.99. The number of nitro benzene ring substituents is 1. The summed E-state index contributed by atoms with van der Waals surface area (Å²) in [6.07, 6.45) is 0. The molecule has 0 spiro atoms. The van der Waals surface area contributed by atoms with Gasteiger partial charge in [0.05, 0.1) is 4.92 Å². The number of halogens is 2. The van der Waals surface area contributed by atoms with Crippen molar-refractivity contribution in [1.29, 1.82) is 0 Å². The smallest absolute Gasteiger partial charge is 0.282 e. The maximum absolute atomic E-state index is 13.2. The van der Waals surface area contributed by atoms with Crippen molar-refractivity contribution < 1.29 is 14.1 Å². The highest BCUT2D eigenvalue weighted by atomic mass is 35.5. The Hall–Kier alpha value is -2.47. The molecule has 0 unspecified atom stereocenters. The van der Waals surface area contributed by atoms with E-state index in [1.54, 1.807) is 0 Å². The monoisotopic (exact) mass is 308 g/mol. The van der Waals surface area contributed by atoms with Gasteiger partial charge in [0.2, 0.25) is 0 Å². The highest BCUT2D eigenvalue weighted by Gasteiger charge is 2.24. The van der Waals surface area contributed by atoms with Gasteiger partial charge in [0, 0.05) is 23.8 Å². The zero-order valence-corrected chi connectivity index (χ0v) is 11.7. The van der Waals surface area contributed by atoms with Crippen molar-refractivity contribution in [2.75, 3.05) is 11.9 Å². The second-order valence-corrected chi connectivity index (χ2v) is 4.70. The van der Waals surface area contributed by atoms with Crippen LogP contribution in [0.3, 0.4) is 0 Å². The molecule has 0 N–H and O–H groups in total. The van der Waals surface area contributed by atoms with E-state index < -0.39 is 16.6 Å². The van der Waals surface area contributed by atoms with E-state index in [1.165, 1.54) is 37.4 Å². The number of carbonyl (C=O) groups is 1. The Labute approximate surface area is 124 Å². The van der Waals surface area contributed by atoms with E-state index in [1.807, 2.05) is 0 Å². The van der Waals surface area contributed by atoms with Gasteiger partial charge in [-0.05, 0) is 30.3 Å². The summed E-state index contributed by atoms with van der Waals surface area (Å²) in [5, 5.41) is 11.2. The molecule has 0 saturated carbocycles. The van der Waals surface area contributed by atoms with Crippen LogP contribution in [0.2, 0.25) is 5.02 Å². The maximum Gasteiger partial charge on any atom is 0.282 e. The summed E-state index contributed by atoms with van der Waals surface area (Å²) in [7, 11) is 1.40. The Balaban J connectivity index is 2.44. The average molecular weight is 309 g/mol. The first kappa shape index (κ1) is 14.9. The van der Waals surface area contributed by atoms with Crippen LogP contribution in [0, 0.1) is 15.9 Å². The van der Waals surface area contributed by atoms with Gasteiger partial charge in [0.15, 0.2) is 0 Å². The molecular weight excluding hydrogens is 299 g/mol. The molecule has 0 aliphatic heterocycles. The number of nitrogens with zero attached hydrogens (tertiary/aromatic N) is 2. The van der Waals surface area contributed by atoms with Crippen LogP contribution in [-0.2, 0) is 0 Å². The summed E-state index contributed by atoms with van der Waals surface area (Å²) in [6, 6.07) is 9.08. The molecule has 0 aliphatic carbocycles. The quantitative estimate of drug-likeness (QED) is 0.642.